The van der Waals surface area contributed by atoms with E-state index in [1.54, 1.807) is 11.3 Å². The van der Waals surface area contributed by atoms with Crippen LogP contribution >= 0.6 is 11.3 Å². The van der Waals surface area contributed by atoms with Crippen LogP contribution in [-0.4, -0.2) is 42.0 Å². The molecule has 122 valence electrons. The number of nitrogens with zero attached hydrogens (tertiary/aromatic N) is 2. The normalized spacial score (nSPS) is 18.2. The highest BCUT2D eigenvalue weighted by Crippen LogP contribution is 2.24. The number of benzene rings is 1. The van der Waals surface area contributed by atoms with Crippen molar-refractivity contribution >= 4 is 17.2 Å². The van der Waals surface area contributed by atoms with Crippen molar-refractivity contribution in [1.82, 2.24) is 15.2 Å². The fourth-order valence-corrected chi connectivity index (χ4v) is 3.75. The first-order valence-electron chi connectivity index (χ1n) is 8.12. The first kappa shape index (κ1) is 16.1. The molecule has 1 fully saturated rings. The van der Waals surface area contributed by atoms with Crippen LogP contribution in [0.1, 0.15) is 24.1 Å². The minimum atomic E-state index is 0.186. The molecular formula is C18H23N3OS. The molecule has 1 saturated heterocycles. The van der Waals surface area contributed by atoms with Gasteiger partial charge in [-0.25, -0.2) is 4.98 Å². The number of carbonyl (C=O) groups excluding carboxylic acids is 1. The number of aryl methyl sites for hydroxylation is 1. The number of thiazole rings is 1. The van der Waals surface area contributed by atoms with Gasteiger partial charge in [0.05, 0.1) is 12.1 Å². The molecule has 1 aromatic heterocycles. The minimum Gasteiger partial charge on any atom is -0.341 e. The third-order valence-electron chi connectivity index (χ3n) is 4.36. The Morgan fingerprint density at radius 2 is 2.17 bits per heavy atom. The first-order valence-corrected chi connectivity index (χ1v) is 9.00. The molecular weight excluding hydrogens is 306 g/mol. The molecule has 4 nitrogen and oxygen atoms in total. The number of amides is 1. The van der Waals surface area contributed by atoms with E-state index in [1.165, 1.54) is 5.56 Å². The number of likely N-dealkylation sites (N-methyl/N-ethyl adjacent to an activating group) is 1. The van der Waals surface area contributed by atoms with Crippen molar-refractivity contribution in [3.05, 3.63) is 40.9 Å². The topological polar surface area (TPSA) is 45.2 Å². The Morgan fingerprint density at radius 3 is 2.91 bits per heavy atom. The van der Waals surface area contributed by atoms with E-state index in [1.807, 2.05) is 17.3 Å². The lowest BCUT2D eigenvalue weighted by Gasteiger charge is -2.32. The number of likely N-dealkylation sites (tertiary alicyclic amines) is 1. The maximum absolute atomic E-state index is 12.5. The third-order valence-corrected chi connectivity index (χ3v) is 5.31. The van der Waals surface area contributed by atoms with Gasteiger partial charge in [0.15, 0.2) is 0 Å². The van der Waals surface area contributed by atoms with Crippen LogP contribution in [0.4, 0.5) is 0 Å². The zero-order valence-electron chi connectivity index (χ0n) is 13.7. The molecule has 23 heavy (non-hydrogen) atoms. The second-order valence-electron chi connectivity index (χ2n) is 6.15. The molecule has 0 aliphatic carbocycles. The Balaban J connectivity index is 1.64. The van der Waals surface area contributed by atoms with Crippen LogP contribution in [0.25, 0.3) is 10.6 Å². The van der Waals surface area contributed by atoms with Gasteiger partial charge in [-0.05, 0) is 26.8 Å². The van der Waals surface area contributed by atoms with E-state index in [0.29, 0.717) is 12.5 Å². The van der Waals surface area contributed by atoms with Crippen molar-refractivity contribution in [1.29, 1.82) is 0 Å². The average molecular weight is 329 g/mol. The number of rotatable bonds is 4. The van der Waals surface area contributed by atoms with Crippen molar-refractivity contribution in [2.45, 2.75) is 32.2 Å². The van der Waals surface area contributed by atoms with Crippen LogP contribution in [0.5, 0.6) is 0 Å². The van der Waals surface area contributed by atoms with Gasteiger partial charge in [0.25, 0.3) is 0 Å². The highest BCUT2D eigenvalue weighted by molar-refractivity contribution is 7.13. The van der Waals surface area contributed by atoms with Crippen molar-refractivity contribution in [3.63, 3.8) is 0 Å². The van der Waals surface area contributed by atoms with E-state index in [2.05, 4.69) is 41.5 Å². The first-order chi connectivity index (χ1) is 11.2. The zero-order chi connectivity index (χ0) is 16.2. The van der Waals surface area contributed by atoms with Crippen LogP contribution in [0.15, 0.2) is 29.6 Å². The molecule has 0 radical (unpaired) electrons. The van der Waals surface area contributed by atoms with Gasteiger partial charge in [-0.1, -0.05) is 29.8 Å². The average Bonchev–Trinajstić information content (AvgIpc) is 3.04. The van der Waals surface area contributed by atoms with Crippen molar-refractivity contribution in [3.8, 4) is 10.6 Å². The fraction of sp³-hybridized carbons (Fsp3) is 0.444. The van der Waals surface area contributed by atoms with E-state index >= 15 is 0 Å². The zero-order valence-corrected chi connectivity index (χ0v) is 14.5. The molecule has 5 heteroatoms. The Morgan fingerprint density at radius 1 is 1.39 bits per heavy atom. The molecule has 1 unspecified atom stereocenters. The monoisotopic (exact) mass is 329 g/mol. The summed E-state index contributed by atoms with van der Waals surface area (Å²) in [5.41, 5.74) is 3.24. The molecule has 1 amide bonds. The van der Waals surface area contributed by atoms with Gasteiger partial charge in [0.1, 0.15) is 5.01 Å². The molecule has 0 saturated carbocycles. The molecule has 1 atom stereocenters. The van der Waals surface area contributed by atoms with Gasteiger partial charge in [-0.3, -0.25) is 4.79 Å². The smallest absolute Gasteiger partial charge is 0.228 e. The SMILES string of the molecule is CNC1CCCN(C(=O)Cc2csc(-c3ccc(C)cc3)n2)C1. The quantitative estimate of drug-likeness (QED) is 0.938. The largest absolute Gasteiger partial charge is 0.341 e. The maximum atomic E-state index is 12.5. The van der Waals surface area contributed by atoms with E-state index in [0.717, 1.165) is 42.2 Å². The lowest BCUT2D eigenvalue weighted by Crippen LogP contribution is -2.47. The Kier molecular flexibility index (Phi) is 5.08. The number of hydrogen-bond donors (Lipinski definition) is 1. The Bertz CT molecular complexity index is 665. The summed E-state index contributed by atoms with van der Waals surface area (Å²) in [6.07, 6.45) is 2.62. The molecule has 1 aromatic carbocycles. The molecule has 2 aromatic rings. The van der Waals surface area contributed by atoms with E-state index in [9.17, 15) is 4.79 Å². The lowest BCUT2D eigenvalue weighted by atomic mass is 10.1. The predicted octanol–water partition coefficient (Wildman–Crippen LogP) is 2.87. The highest BCUT2D eigenvalue weighted by atomic mass is 32.1. The summed E-state index contributed by atoms with van der Waals surface area (Å²) < 4.78 is 0. The highest BCUT2D eigenvalue weighted by Gasteiger charge is 2.23. The summed E-state index contributed by atoms with van der Waals surface area (Å²) >= 11 is 1.61. The second kappa shape index (κ2) is 7.23. The number of aromatic nitrogens is 1. The number of piperidine rings is 1. The van der Waals surface area contributed by atoms with Gasteiger partial charge in [-0.15, -0.1) is 11.3 Å². The maximum Gasteiger partial charge on any atom is 0.228 e. The lowest BCUT2D eigenvalue weighted by molar-refractivity contribution is -0.131. The predicted molar refractivity (Wildman–Crippen MR) is 94.7 cm³/mol. The van der Waals surface area contributed by atoms with Gasteiger partial charge in [0, 0.05) is 30.1 Å². The van der Waals surface area contributed by atoms with Gasteiger partial charge < -0.3 is 10.2 Å². The van der Waals surface area contributed by atoms with E-state index < -0.39 is 0 Å². The van der Waals surface area contributed by atoms with Crippen LogP contribution in [-0.2, 0) is 11.2 Å². The summed E-state index contributed by atoms with van der Waals surface area (Å²) in [7, 11) is 1.97. The van der Waals surface area contributed by atoms with Crippen LogP contribution in [0, 0.1) is 6.92 Å². The van der Waals surface area contributed by atoms with Crippen LogP contribution < -0.4 is 5.32 Å². The van der Waals surface area contributed by atoms with Crippen LogP contribution in [0.3, 0.4) is 0 Å². The fourth-order valence-electron chi connectivity index (χ4n) is 2.92. The number of carbonyl (C=O) groups is 1. The molecule has 0 spiro atoms. The molecule has 0 bridgehead atoms. The number of hydrogen-bond acceptors (Lipinski definition) is 4. The Labute approximate surface area is 141 Å². The van der Waals surface area contributed by atoms with Crippen molar-refractivity contribution in [2.24, 2.45) is 0 Å². The molecule has 1 aliphatic heterocycles. The molecule has 3 rings (SSSR count). The molecule has 2 heterocycles. The van der Waals surface area contributed by atoms with Crippen LogP contribution in [0.2, 0.25) is 0 Å². The summed E-state index contributed by atoms with van der Waals surface area (Å²) in [6, 6.07) is 8.77. The van der Waals surface area contributed by atoms with Gasteiger partial charge in [0.2, 0.25) is 5.91 Å². The number of nitrogens with one attached hydrogen (secondary N) is 1. The standard InChI is InChI=1S/C18H23N3OS/c1-13-5-7-14(8-6-13)18-20-16(12-23-18)10-17(22)21-9-3-4-15(11-21)19-2/h5-8,12,15,19H,3-4,9-11H2,1-2H3. The van der Waals surface area contributed by atoms with Gasteiger partial charge in [-0.2, -0.15) is 0 Å². The van der Waals surface area contributed by atoms with E-state index in [4.69, 9.17) is 0 Å². The minimum absolute atomic E-state index is 0.186. The van der Waals surface area contributed by atoms with Crippen molar-refractivity contribution < 1.29 is 4.79 Å². The van der Waals surface area contributed by atoms with Gasteiger partial charge >= 0.3 is 0 Å². The summed E-state index contributed by atoms with van der Waals surface area (Å²) in [5, 5.41) is 6.27. The second-order valence-corrected chi connectivity index (χ2v) is 7.01. The summed E-state index contributed by atoms with van der Waals surface area (Å²) in [6.45, 7) is 3.75. The Hall–Kier alpha value is -1.72. The molecule has 1 N–H and O–H groups in total. The van der Waals surface area contributed by atoms with E-state index in [-0.39, 0.29) is 5.91 Å². The summed E-state index contributed by atoms with van der Waals surface area (Å²) in [5.74, 6) is 0.186. The third kappa shape index (κ3) is 3.98. The summed E-state index contributed by atoms with van der Waals surface area (Å²) in [4.78, 5) is 19.1. The molecule has 1 aliphatic rings. The van der Waals surface area contributed by atoms with Crippen molar-refractivity contribution in [2.75, 3.05) is 20.1 Å².